The molecule has 1 saturated heterocycles. The molecule has 15 heavy (non-hydrogen) atoms. The lowest BCUT2D eigenvalue weighted by molar-refractivity contribution is -0.135. The predicted molar refractivity (Wildman–Crippen MR) is 56.5 cm³/mol. The number of nitrogens with zero attached hydrogens (tertiary/aromatic N) is 1. The number of carbonyl (C=O) groups is 2. The van der Waals surface area contributed by atoms with Gasteiger partial charge in [-0.2, -0.15) is 0 Å². The molecular weight excluding hydrogens is 194 g/mol. The molecule has 1 aliphatic rings. The summed E-state index contributed by atoms with van der Waals surface area (Å²) < 4.78 is 0. The molecule has 0 bridgehead atoms. The van der Waals surface area contributed by atoms with Crippen LogP contribution in [0.5, 0.6) is 0 Å². The van der Waals surface area contributed by atoms with Crippen molar-refractivity contribution in [2.45, 2.75) is 32.6 Å². The summed E-state index contributed by atoms with van der Waals surface area (Å²) in [5.41, 5.74) is 2.16. The molecule has 0 radical (unpaired) electrons. The van der Waals surface area contributed by atoms with E-state index in [4.69, 9.17) is 5.84 Å². The van der Waals surface area contributed by atoms with Crippen molar-refractivity contribution in [3.8, 4) is 0 Å². The average Bonchev–Trinajstić information content (AvgIpc) is 2.28. The maximum Gasteiger partial charge on any atom is 0.237 e. The van der Waals surface area contributed by atoms with Crippen molar-refractivity contribution in [3.05, 3.63) is 0 Å². The van der Waals surface area contributed by atoms with E-state index in [0.717, 1.165) is 19.3 Å². The van der Waals surface area contributed by atoms with Gasteiger partial charge in [0, 0.05) is 25.4 Å². The number of likely N-dealkylation sites (tertiary alicyclic amines) is 1. The zero-order valence-corrected chi connectivity index (χ0v) is 9.16. The lowest BCUT2D eigenvalue weighted by atomic mass is 9.96. The number of rotatable bonds is 3. The van der Waals surface area contributed by atoms with Crippen LogP contribution in [0.3, 0.4) is 0 Å². The Morgan fingerprint density at radius 2 is 2.00 bits per heavy atom. The highest BCUT2D eigenvalue weighted by atomic mass is 16.2. The van der Waals surface area contributed by atoms with E-state index in [0.29, 0.717) is 19.5 Å². The van der Waals surface area contributed by atoms with Crippen LogP contribution in [-0.2, 0) is 9.59 Å². The van der Waals surface area contributed by atoms with Gasteiger partial charge in [-0.15, -0.1) is 0 Å². The van der Waals surface area contributed by atoms with E-state index in [1.54, 1.807) is 0 Å². The third-order valence-corrected chi connectivity index (χ3v) is 2.82. The molecule has 0 aromatic heterocycles. The van der Waals surface area contributed by atoms with E-state index in [-0.39, 0.29) is 17.7 Å². The summed E-state index contributed by atoms with van der Waals surface area (Å²) in [7, 11) is 0. The zero-order chi connectivity index (χ0) is 11.3. The molecule has 1 rings (SSSR count). The van der Waals surface area contributed by atoms with Crippen LogP contribution >= 0.6 is 0 Å². The SMILES string of the molecule is CCCC(=O)N1CCC(C(=O)NN)CC1. The fourth-order valence-electron chi connectivity index (χ4n) is 1.88. The molecular formula is C10H19N3O2. The van der Waals surface area contributed by atoms with Crippen LogP contribution in [0.25, 0.3) is 0 Å². The van der Waals surface area contributed by atoms with E-state index in [2.05, 4.69) is 5.43 Å². The molecule has 0 spiro atoms. The number of carbonyl (C=O) groups excluding carboxylic acids is 2. The standard InChI is InChI=1S/C10H19N3O2/c1-2-3-9(14)13-6-4-8(5-7-13)10(15)12-11/h8H,2-7,11H2,1H3,(H,12,15). The normalized spacial score (nSPS) is 17.6. The summed E-state index contributed by atoms with van der Waals surface area (Å²) in [4.78, 5) is 24.6. The van der Waals surface area contributed by atoms with E-state index in [1.165, 1.54) is 0 Å². The van der Waals surface area contributed by atoms with E-state index in [9.17, 15) is 9.59 Å². The summed E-state index contributed by atoms with van der Waals surface area (Å²) in [5, 5.41) is 0. The first-order valence-electron chi connectivity index (χ1n) is 5.47. The largest absolute Gasteiger partial charge is 0.343 e. The molecule has 5 nitrogen and oxygen atoms in total. The van der Waals surface area contributed by atoms with Crippen LogP contribution in [0.4, 0.5) is 0 Å². The van der Waals surface area contributed by atoms with Gasteiger partial charge in [-0.05, 0) is 19.3 Å². The van der Waals surface area contributed by atoms with Crippen molar-refractivity contribution in [1.29, 1.82) is 0 Å². The Balaban J connectivity index is 2.35. The minimum Gasteiger partial charge on any atom is -0.343 e. The smallest absolute Gasteiger partial charge is 0.237 e. The molecule has 0 aromatic carbocycles. The zero-order valence-electron chi connectivity index (χ0n) is 9.16. The van der Waals surface area contributed by atoms with Gasteiger partial charge in [-0.3, -0.25) is 15.0 Å². The summed E-state index contributed by atoms with van der Waals surface area (Å²) in [6.07, 6.45) is 2.92. The van der Waals surface area contributed by atoms with E-state index in [1.807, 2.05) is 11.8 Å². The third kappa shape index (κ3) is 3.20. The van der Waals surface area contributed by atoms with Gasteiger partial charge in [0.15, 0.2) is 0 Å². The summed E-state index contributed by atoms with van der Waals surface area (Å²) in [6.45, 7) is 3.35. The molecule has 2 amide bonds. The van der Waals surface area contributed by atoms with Crippen molar-refractivity contribution < 1.29 is 9.59 Å². The van der Waals surface area contributed by atoms with Gasteiger partial charge in [-0.1, -0.05) is 6.92 Å². The fraction of sp³-hybridized carbons (Fsp3) is 0.800. The maximum atomic E-state index is 11.5. The molecule has 1 aliphatic heterocycles. The van der Waals surface area contributed by atoms with Crippen molar-refractivity contribution in [2.75, 3.05) is 13.1 Å². The third-order valence-electron chi connectivity index (χ3n) is 2.82. The first kappa shape index (κ1) is 12.0. The minimum atomic E-state index is -0.113. The Kier molecular flexibility index (Phi) is 4.55. The summed E-state index contributed by atoms with van der Waals surface area (Å²) in [5.74, 6) is 5.12. The van der Waals surface area contributed by atoms with Crippen molar-refractivity contribution >= 4 is 11.8 Å². The second-order valence-electron chi connectivity index (χ2n) is 3.91. The van der Waals surface area contributed by atoms with Crippen molar-refractivity contribution in [1.82, 2.24) is 10.3 Å². The summed E-state index contributed by atoms with van der Waals surface area (Å²) >= 11 is 0. The molecule has 3 N–H and O–H groups in total. The molecule has 0 saturated carbocycles. The van der Waals surface area contributed by atoms with Gasteiger partial charge in [0.05, 0.1) is 0 Å². The molecule has 0 unspecified atom stereocenters. The monoisotopic (exact) mass is 213 g/mol. The van der Waals surface area contributed by atoms with Gasteiger partial charge >= 0.3 is 0 Å². The number of hydrogen-bond donors (Lipinski definition) is 2. The van der Waals surface area contributed by atoms with Crippen LogP contribution in [0.1, 0.15) is 32.6 Å². The molecule has 1 fully saturated rings. The second kappa shape index (κ2) is 5.70. The van der Waals surface area contributed by atoms with Crippen LogP contribution in [0.15, 0.2) is 0 Å². The van der Waals surface area contributed by atoms with Crippen LogP contribution in [0, 0.1) is 5.92 Å². The summed E-state index contributed by atoms with van der Waals surface area (Å²) in [6, 6.07) is 0. The van der Waals surface area contributed by atoms with Gasteiger partial charge in [0.1, 0.15) is 0 Å². The number of hydrogen-bond acceptors (Lipinski definition) is 3. The van der Waals surface area contributed by atoms with Crippen LogP contribution in [0.2, 0.25) is 0 Å². The number of amides is 2. The van der Waals surface area contributed by atoms with Crippen molar-refractivity contribution in [3.63, 3.8) is 0 Å². The highest BCUT2D eigenvalue weighted by Gasteiger charge is 2.26. The lowest BCUT2D eigenvalue weighted by Gasteiger charge is -2.31. The molecule has 0 aromatic rings. The molecule has 1 heterocycles. The van der Waals surface area contributed by atoms with E-state index < -0.39 is 0 Å². The number of nitrogens with one attached hydrogen (secondary N) is 1. The highest BCUT2D eigenvalue weighted by Crippen LogP contribution is 2.17. The van der Waals surface area contributed by atoms with Crippen LogP contribution < -0.4 is 11.3 Å². The number of nitrogens with two attached hydrogens (primary N) is 1. The van der Waals surface area contributed by atoms with Gasteiger partial charge in [0.25, 0.3) is 0 Å². The quantitative estimate of drug-likeness (QED) is 0.394. The molecule has 5 heteroatoms. The van der Waals surface area contributed by atoms with Gasteiger partial charge in [-0.25, -0.2) is 5.84 Å². The lowest BCUT2D eigenvalue weighted by Crippen LogP contribution is -2.44. The van der Waals surface area contributed by atoms with Crippen LogP contribution in [-0.4, -0.2) is 29.8 Å². The molecule has 86 valence electrons. The molecule has 0 atom stereocenters. The topological polar surface area (TPSA) is 75.4 Å². The first-order chi connectivity index (χ1) is 7.19. The maximum absolute atomic E-state index is 11.5. The average molecular weight is 213 g/mol. The second-order valence-corrected chi connectivity index (χ2v) is 3.91. The Bertz CT molecular complexity index is 235. The number of hydrazine groups is 1. The Hall–Kier alpha value is -1.10. The van der Waals surface area contributed by atoms with Gasteiger partial charge in [0.2, 0.25) is 11.8 Å². The Morgan fingerprint density at radius 3 is 2.47 bits per heavy atom. The Labute approximate surface area is 90.0 Å². The van der Waals surface area contributed by atoms with Gasteiger partial charge < -0.3 is 4.90 Å². The van der Waals surface area contributed by atoms with E-state index >= 15 is 0 Å². The van der Waals surface area contributed by atoms with Crippen molar-refractivity contribution in [2.24, 2.45) is 11.8 Å². The first-order valence-corrected chi connectivity index (χ1v) is 5.47. The Morgan fingerprint density at radius 1 is 1.40 bits per heavy atom. The fourth-order valence-corrected chi connectivity index (χ4v) is 1.88. The molecule has 0 aliphatic carbocycles. The minimum absolute atomic E-state index is 0.0272. The predicted octanol–water partition coefficient (Wildman–Crippen LogP) is 0.0150. The highest BCUT2D eigenvalue weighted by molar-refractivity contribution is 5.79. The number of piperidine rings is 1.